The first-order valence-corrected chi connectivity index (χ1v) is 8.37. The van der Waals surface area contributed by atoms with Crippen molar-refractivity contribution in [2.45, 2.75) is 6.92 Å². The largest absolute Gasteiger partial charge is 0.484 e. The van der Waals surface area contributed by atoms with Crippen molar-refractivity contribution in [1.82, 2.24) is 5.43 Å². The Morgan fingerprint density at radius 2 is 1.73 bits per heavy atom. The summed E-state index contributed by atoms with van der Waals surface area (Å²) in [5.74, 6) is 0.352. The van der Waals surface area contributed by atoms with Crippen molar-refractivity contribution in [3.63, 3.8) is 0 Å². The predicted octanol–water partition coefficient (Wildman–Crippen LogP) is 4.42. The molecule has 1 N–H and O–H groups in total. The molecule has 0 aliphatic rings. The van der Waals surface area contributed by atoms with Crippen LogP contribution in [-0.2, 0) is 4.79 Å². The molecule has 3 rings (SSSR count). The molecule has 0 aliphatic heterocycles. The van der Waals surface area contributed by atoms with E-state index in [2.05, 4.69) is 10.5 Å². The van der Waals surface area contributed by atoms with Crippen molar-refractivity contribution in [1.29, 1.82) is 0 Å². The Kier molecular flexibility index (Phi) is 5.78. The van der Waals surface area contributed by atoms with Crippen molar-refractivity contribution in [3.05, 3.63) is 83.9 Å². The van der Waals surface area contributed by atoms with Gasteiger partial charge in [0, 0.05) is 0 Å². The first-order chi connectivity index (χ1) is 12.7. The summed E-state index contributed by atoms with van der Waals surface area (Å²) in [7, 11) is 0. The number of allylic oxidation sites excluding steroid dienone is 1. The Hall–Kier alpha value is -3.40. The summed E-state index contributed by atoms with van der Waals surface area (Å²) in [4.78, 5) is 11.9. The number of carbonyl (C=O) groups is 1. The minimum Gasteiger partial charge on any atom is -0.484 e. The van der Waals surface area contributed by atoms with Gasteiger partial charge in [-0.3, -0.25) is 4.79 Å². The van der Waals surface area contributed by atoms with Crippen LogP contribution in [0.25, 0.3) is 16.8 Å². The third-order valence-corrected chi connectivity index (χ3v) is 3.74. The van der Waals surface area contributed by atoms with Crippen LogP contribution in [0.5, 0.6) is 5.75 Å². The molecule has 3 aromatic carbocycles. The van der Waals surface area contributed by atoms with Gasteiger partial charge < -0.3 is 4.74 Å². The highest BCUT2D eigenvalue weighted by atomic mass is 16.5. The van der Waals surface area contributed by atoms with E-state index in [1.54, 1.807) is 6.21 Å². The molecule has 130 valence electrons. The average Bonchev–Trinajstić information content (AvgIpc) is 2.67. The Morgan fingerprint density at radius 1 is 1.00 bits per heavy atom. The fourth-order valence-electron chi connectivity index (χ4n) is 2.49. The van der Waals surface area contributed by atoms with Crippen molar-refractivity contribution < 1.29 is 9.53 Å². The second kappa shape index (κ2) is 8.62. The van der Waals surface area contributed by atoms with Crippen molar-refractivity contribution in [3.8, 4) is 5.75 Å². The minimum atomic E-state index is -0.304. The van der Waals surface area contributed by atoms with Gasteiger partial charge in [0.15, 0.2) is 6.61 Å². The van der Waals surface area contributed by atoms with E-state index in [1.807, 2.05) is 85.8 Å². The van der Waals surface area contributed by atoms with Crippen LogP contribution in [0.3, 0.4) is 0 Å². The molecule has 26 heavy (non-hydrogen) atoms. The highest BCUT2D eigenvalue weighted by molar-refractivity contribution is 5.86. The zero-order valence-corrected chi connectivity index (χ0v) is 14.6. The quantitative estimate of drug-likeness (QED) is 0.531. The Balaban J connectivity index is 1.49. The highest BCUT2D eigenvalue weighted by Crippen LogP contribution is 2.20. The van der Waals surface area contributed by atoms with Gasteiger partial charge in [0.1, 0.15) is 5.75 Å². The summed E-state index contributed by atoms with van der Waals surface area (Å²) < 4.78 is 5.53. The summed E-state index contributed by atoms with van der Waals surface area (Å²) >= 11 is 0. The van der Waals surface area contributed by atoms with Gasteiger partial charge >= 0.3 is 0 Å². The first-order valence-electron chi connectivity index (χ1n) is 8.37. The van der Waals surface area contributed by atoms with Crippen LogP contribution in [0.2, 0.25) is 0 Å². The molecule has 0 aromatic heterocycles. The number of fused-ring (bicyclic) bond motifs is 1. The molecule has 0 bridgehead atoms. The normalized spacial score (nSPS) is 11.7. The lowest BCUT2D eigenvalue weighted by atomic mass is 10.1. The number of ether oxygens (including phenoxy) is 1. The van der Waals surface area contributed by atoms with E-state index < -0.39 is 0 Å². The van der Waals surface area contributed by atoms with Crippen LogP contribution in [0.4, 0.5) is 0 Å². The maximum atomic E-state index is 11.9. The molecule has 0 heterocycles. The fraction of sp³-hybridized carbons (Fsp3) is 0.0909. The van der Waals surface area contributed by atoms with E-state index in [9.17, 15) is 4.79 Å². The lowest BCUT2D eigenvalue weighted by molar-refractivity contribution is -0.123. The summed E-state index contributed by atoms with van der Waals surface area (Å²) in [6, 6.07) is 23.7. The summed E-state index contributed by atoms with van der Waals surface area (Å²) in [6.07, 6.45) is 3.60. The van der Waals surface area contributed by atoms with E-state index in [1.165, 1.54) is 0 Å². The van der Waals surface area contributed by atoms with Gasteiger partial charge in [-0.05, 0) is 41.0 Å². The first kappa shape index (κ1) is 17.4. The average molecular weight is 344 g/mol. The van der Waals surface area contributed by atoms with Gasteiger partial charge in [-0.1, -0.05) is 66.7 Å². The van der Waals surface area contributed by atoms with Crippen molar-refractivity contribution >= 4 is 29.0 Å². The van der Waals surface area contributed by atoms with Crippen LogP contribution in [-0.4, -0.2) is 18.7 Å². The second-order valence-electron chi connectivity index (χ2n) is 5.89. The molecule has 4 nitrogen and oxygen atoms in total. The SMILES string of the molecule is CC(/C=N/NC(=O)COc1ccc2ccccc2c1)=C\c1ccccc1. The van der Waals surface area contributed by atoms with Crippen molar-refractivity contribution in [2.75, 3.05) is 6.61 Å². The monoisotopic (exact) mass is 344 g/mol. The minimum absolute atomic E-state index is 0.0862. The van der Waals surface area contributed by atoms with Gasteiger partial charge in [-0.25, -0.2) is 5.43 Å². The standard InChI is InChI=1S/C22H20N2O2/c1-17(13-18-7-3-2-4-8-18)15-23-24-22(25)16-26-21-12-11-19-9-5-6-10-20(19)14-21/h2-15H,16H2,1H3,(H,24,25)/b17-13+,23-15+. The van der Waals surface area contributed by atoms with Gasteiger partial charge in [-0.2, -0.15) is 5.10 Å². The zero-order valence-electron chi connectivity index (χ0n) is 14.6. The van der Waals surface area contributed by atoms with Gasteiger partial charge in [0.25, 0.3) is 5.91 Å². The highest BCUT2D eigenvalue weighted by Gasteiger charge is 2.02. The molecule has 1 amide bonds. The number of nitrogens with zero attached hydrogens (tertiary/aromatic N) is 1. The number of rotatable bonds is 6. The number of benzene rings is 3. The lowest BCUT2D eigenvalue weighted by Gasteiger charge is -2.06. The Morgan fingerprint density at radius 3 is 2.54 bits per heavy atom. The van der Waals surface area contributed by atoms with Gasteiger partial charge in [-0.15, -0.1) is 0 Å². The topological polar surface area (TPSA) is 50.7 Å². The van der Waals surface area contributed by atoms with Crippen LogP contribution in [0, 0.1) is 0 Å². The van der Waals surface area contributed by atoms with Crippen LogP contribution >= 0.6 is 0 Å². The van der Waals surface area contributed by atoms with E-state index in [0.29, 0.717) is 5.75 Å². The van der Waals surface area contributed by atoms with E-state index in [4.69, 9.17) is 4.74 Å². The third-order valence-electron chi connectivity index (χ3n) is 3.74. The van der Waals surface area contributed by atoms with Gasteiger partial charge in [0.2, 0.25) is 0 Å². The maximum absolute atomic E-state index is 11.9. The fourth-order valence-corrected chi connectivity index (χ4v) is 2.49. The third kappa shape index (κ3) is 5.05. The number of hydrogen-bond donors (Lipinski definition) is 1. The summed E-state index contributed by atoms with van der Waals surface area (Å²) in [5, 5.41) is 6.16. The second-order valence-corrected chi connectivity index (χ2v) is 5.89. The molecule has 0 unspecified atom stereocenters. The molecule has 0 spiro atoms. The van der Waals surface area contributed by atoms with Crippen LogP contribution in [0.15, 0.2) is 83.5 Å². The molecule has 3 aromatic rings. The van der Waals surface area contributed by atoms with E-state index >= 15 is 0 Å². The lowest BCUT2D eigenvalue weighted by Crippen LogP contribution is -2.24. The molecule has 0 aliphatic carbocycles. The van der Waals surface area contributed by atoms with Crippen molar-refractivity contribution in [2.24, 2.45) is 5.10 Å². The molecule has 0 fully saturated rings. The molecule has 0 saturated heterocycles. The number of carbonyl (C=O) groups excluding carboxylic acids is 1. The molecule has 0 saturated carbocycles. The maximum Gasteiger partial charge on any atom is 0.277 e. The van der Waals surface area contributed by atoms with Crippen LogP contribution < -0.4 is 10.2 Å². The molecular weight excluding hydrogens is 324 g/mol. The number of hydrogen-bond acceptors (Lipinski definition) is 3. The van der Waals surface area contributed by atoms with E-state index in [0.717, 1.165) is 21.9 Å². The Bertz CT molecular complexity index is 947. The Labute approximate surface area is 152 Å². The smallest absolute Gasteiger partial charge is 0.277 e. The molecule has 4 heteroatoms. The zero-order chi connectivity index (χ0) is 18.2. The number of hydrazone groups is 1. The summed E-state index contributed by atoms with van der Waals surface area (Å²) in [6.45, 7) is 1.84. The van der Waals surface area contributed by atoms with Gasteiger partial charge in [0.05, 0.1) is 6.21 Å². The summed E-state index contributed by atoms with van der Waals surface area (Å²) in [5.41, 5.74) is 4.49. The number of amides is 1. The predicted molar refractivity (Wildman–Crippen MR) is 106 cm³/mol. The van der Waals surface area contributed by atoms with E-state index in [-0.39, 0.29) is 12.5 Å². The number of nitrogens with one attached hydrogen (secondary N) is 1. The van der Waals surface area contributed by atoms with Crippen LogP contribution in [0.1, 0.15) is 12.5 Å². The molecule has 0 radical (unpaired) electrons. The molecule has 0 atom stereocenters. The molecular formula is C22H20N2O2.